The molecule has 1 spiro atoms. The van der Waals surface area contributed by atoms with Gasteiger partial charge in [-0.25, -0.2) is 14.9 Å². The number of aromatic hydroxyl groups is 1. The number of ketones is 1. The zero-order chi connectivity index (χ0) is 39.6. The summed E-state index contributed by atoms with van der Waals surface area (Å²) in [4.78, 5) is 70.8. The molecule has 2 N–H and O–H groups in total. The molecule has 284 valence electrons. The fourth-order valence-corrected chi connectivity index (χ4v) is 10.6. The number of rotatable bonds is 2. The summed E-state index contributed by atoms with van der Waals surface area (Å²) in [5.41, 5.74) is 4.00. The van der Waals surface area contributed by atoms with Crippen LogP contribution in [-0.4, -0.2) is 60.4 Å². The summed E-state index contributed by atoms with van der Waals surface area (Å²) in [6.07, 6.45) is 1.67. The zero-order valence-corrected chi connectivity index (χ0v) is 31.9. The van der Waals surface area contributed by atoms with Gasteiger partial charge in [-0.15, -0.1) is 0 Å². The first-order chi connectivity index (χ1) is 28.2. The lowest BCUT2D eigenvalue weighted by Crippen LogP contribution is -2.51. The van der Waals surface area contributed by atoms with Crippen LogP contribution in [0.4, 0.5) is 11.4 Å². The number of nitrogens with zero attached hydrogens (tertiary/aromatic N) is 5. The Labute approximate surface area is 339 Å². The van der Waals surface area contributed by atoms with Crippen molar-refractivity contribution in [2.75, 3.05) is 11.4 Å². The number of H-pyrrole nitrogens is 1. The van der Waals surface area contributed by atoms with Crippen LogP contribution in [0.5, 0.6) is 5.88 Å². The fraction of sp³-hybridized carbons (Fsp3) is 0.156. The monoisotopic (exact) mass is 804 g/mol. The number of amides is 2. The quantitative estimate of drug-likeness (QED) is 0.171. The number of anilines is 1. The van der Waals surface area contributed by atoms with Crippen molar-refractivity contribution in [3.63, 3.8) is 0 Å². The molecule has 12 rings (SSSR count). The first kappa shape index (κ1) is 34.8. The van der Waals surface area contributed by atoms with E-state index in [0.717, 1.165) is 29.3 Å². The van der Waals surface area contributed by atoms with E-state index in [0.29, 0.717) is 62.2 Å². The number of para-hydroxylation sites is 4. The second kappa shape index (κ2) is 12.5. The Kier molecular flexibility index (Phi) is 7.53. The molecule has 0 saturated carbocycles. The highest BCUT2D eigenvalue weighted by Gasteiger charge is 2.74. The zero-order valence-electron chi connectivity index (χ0n) is 30.4. The van der Waals surface area contributed by atoms with Gasteiger partial charge in [0.15, 0.2) is 5.88 Å². The number of hydrogen-bond acceptors (Lipinski definition) is 8. The van der Waals surface area contributed by atoms with Crippen molar-refractivity contribution in [2.24, 2.45) is 16.8 Å². The number of aliphatic imine (C=N–C) groups is 1. The summed E-state index contributed by atoms with van der Waals surface area (Å²) in [6.45, 7) is 0.705. The number of aromatic amines is 1. The van der Waals surface area contributed by atoms with Crippen molar-refractivity contribution in [1.82, 2.24) is 19.4 Å². The predicted octanol–water partition coefficient (Wildman–Crippen LogP) is 7.72. The second-order valence-electron chi connectivity index (χ2n) is 15.1. The first-order valence-corrected chi connectivity index (χ1v) is 19.7. The van der Waals surface area contributed by atoms with E-state index >= 15 is 0 Å². The number of aromatic nitrogens is 3. The molecule has 2 aromatic heterocycles. The molecule has 0 radical (unpaired) electrons. The first-order valence-electron chi connectivity index (χ1n) is 18.9. The van der Waals surface area contributed by atoms with E-state index in [9.17, 15) is 24.3 Å². The summed E-state index contributed by atoms with van der Waals surface area (Å²) < 4.78 is 1.66. The molecule has 0 aliphatic carbocycles. The summed E-state index contributed by atoms with van der Waals surface area (Å²) in [5, 5.41) is 12.1. The van der Waals surface area contributed by atoms with Gasteiger partial charge in [-0.1, -0.05) is 83.9 Å². The molecular formula is C45H30Cl2N6O5. The van der Waals surface area contributed by atoms with Crippen LogP contribution in [0.25, 0.3) is 27.5 Å². The number of benzene rings is 5. The van der Waals surface area contributed by atoms with Crippen molar-refractivity contribution >= 4 is 79.7 Å². The molecule has 2 amide bonds. The van der Waals surface area contributed by atoms with Crippen molar-refractivity contribution < 1.29 is 19.5 Å². The fourth-order valence-electron chi connectivity index (χ4n) is 10.1. The lowest BCUT2D eigenvalue weighted by molar-refractivity contribution is -0.124. The molecular weight excluding hydrogens is 775 g/mol. The number of hydrogen-bond donors (Lipinski definition) is 2. The van der Waals surface area contributed by atoms with Crippen LogP contribution in [0.15, 0.2) is 125 Å². The highest BCUT2D eigenvalue weighted by Crippen LogP contribution is 2.62. The van der Waals surface area contributed by atoms with E-state index in [2.05, 4.69) is 14.9 Å². The SMILES string of the molecule is O=C1C(c2c(O)[nH]c3ccccc23)=Nc2ccccc21.O=C1[C@H]2C3CCCN3C3(c4ccccc4-n4c3nc3ccccc3c4=O)[C@H]2C(=O)N1c1ccc(Cl)cc1Cl. The van der Waals surface area contributed by atoms with Crippen molar-refractivity contribution in [2.45, 2.75) is 24.4 Å². The van der Waals surface area contributed by atoms with E-state index in [1.165, 1.54) is 11.0 Å². The molecule has 2 unspecified atom stereocenters. The minimum Gasteiger partial charge on any atom is -0.494 e. The van der Waals surface area contributed by atoms with Gasteiger partial charge in [0, 0.05) is 33.1 Å². The molecule has 5 aliphatic heterocycles. The van der Waals surface area contributed by atoms with Crippen molar-refractivity contribution in [1.29, 1.82) is 0 Å². The van der Waals surface area contributed by atoms with Crippen molar-refractivity contribution in [3.8, 4) is 11.6 Å². The van der Waals surface area contributed by atoms with Crippen LogP contribution in [0.2, 0.25) is 10.0 Å². The van der Waals surface area contributed by atoms with Gasteiger partial charge in [-0.2, -0.15) is 0 Å². The largest absolute Gasteiger partial charge is 0.494 e. The van der Waals surface area contributed by atoms with Gasteiger partial charge in [0.25, 0.3) is 5.56 Å². The maximum absolute atomic E-state index is 14.5. The Morgan fingerprint density at radius 3 is 2.36 bits per heavy atom. The third-order valence-electron chi connectivity index (χ3n) is 12.3. The van der Waals surface area contributed by atoms with Crippen LogP contribution in [0, 0.1) is 11.8 Å². The Bertz CT molecular complexity index is 3080. The molecule has 3 fully saturated rings. The molecule has 3 saturated heterocycles. The number of fused-ring (bicyclic) bond motifs is 13. The van der Waals surface area contributed by atoms with E-state index in [-0.39, 0.29) is 40.1 Å². The maximum atomic E-state index is 14.5. The molecule has 58 heavy (non-hydrogen) atoms. The highest BCUT2D eigenvalue weighted by molar-refractivity contribution is 6.56. The molecule has 7 heterocycles. The van der Waals surface area contributed by atoms with Gasteiger partial charge in [-0.05, 0) is 74.0 Å². The average molecular weight is 806 g/mol. The average Bonchev–Trinajstić information content (AvgIpc) is 4.06. The van der Waals surface area contributed by atoms with Crippen LogP contribution >= 0.6 is 23.2 Å². The normalized spacial score (nSPS) is 22.6. The van der Waals surface area contributed by atoms with Gasteiger partial charge in [-0.3, -0.25) is 28.6 Å². The minimum absolute atomic E-state index is 0.0221. The molecule has 11 nitrogen and oxygen atoms in total. The van der Waals surface area contributed by atoms with Crippen LogP contribution in [0.1, 0.15) is 40.2 Å². The number of Topliss-reactive ketones (excluding diaryl/α,β-unsaturated/α-hetero) is 1. The van der Waals surface area contributed by atoms with Crippen LogP contribution < -0.4 is 10.5 Å². The third kappa shape index (κ3) is 4.54. The van der Waals surface area contributed by atoms with Crippen LogP contribution in [-0.2, 0) is 15.1 Å². The lowest BCUT2D eigenvalue weighted by Gasteiger charge is -2.38. The molecule has 5 aromatic carbocycles. The molecule has 4 atom stereocenters. The van der Waals surface area contributed by atoms with Gasteiger partial charge in [0.05, 0.1) is 50.4 Å². The van der Waals surface area contributed by atoms with E-state index in [1.807, 2.05) is 78.9 Å². The summed E-state index contributed by atoms with van der Waals surface area (Å²) in [6, 6.07) is 34.2. The molecule has 13 heteroatoms. The van der Waals surface area contributed by atoms with Gasteiger partial charge in [0.1, 0.15) is 17.1 Å². The standard InChI is InChI=1S/C29H20Cl2N4O3.C16H10N2O2/c30-15-11-12-21(18(31)14-15)34-26(37)23-22-10-5-13-33(22)29(24(23)27(34)38)17-7-2-4-9-20(17)35-25(36)16-6-1-3-8-19(16)32-28(29)35;19-15-10-6-2-4-8-12(10)17-14(15)13-9-5-1-3-7-11(9)18-16(13)20/h1-4,6-9,11-12,14,22-24H,5,10,13H2;1-8,18,20H/t22?,23-,24+,29?;/m0./s1. The summed E-state index contributed by atoms with van der Waals surface area (Å²) in [5.74, 6) is -1.60. The van der Waals surface area contributed by atoms with Gasteiger partial charge < -0.3 is 10.1 Å². The molecule has 7 aromatic rings. The Balaban J connectivity index is 0.000000162. The lowest BCUT2D eigenvalue weighted by atomic mass is 9.75. The van der Waals surface area contributed by atoms with E-state index in [1.54, 1.807) is 34.9 Å². The Morgan fingerprint density at radius 2 is 1.53 bits per heavy atom. The van der Waals surface area contributed by atoms with E-state index < -0.39 is 17.4 Å². The second-order valence-corrected chi connectivity index (χ2v) is 15.9. The molecule has 0 bridgehead atoms. The number of carbonyl (C=O) groups excluding carboxylic acids is 3. The number of carbonyl (C=O) groups is 3. The molecule has 5 aliphatic rings. The predicted molar refractivity (Wildman–Crippen MR) is 221 cm³/mol. The smallest absolute Gasteiger partial charge is 0.266 e. The number of imide groups is 1. The minimum atomic E-state index is -1.05. The topological polar surface area (TPSA) is 141 Å². The maximum Gasteiger partial charge on any atom is 0.266 e. The van der Waals surface area contributed by atoms with Crippen molar-refractivity contribution in [3.05, 3.63) is 158 Å². The highest BCUT2D eigenvalue weighted by atomic mass is 35.5. The van der Waals surface area contributed by atoms with Gasteiger partial charge >= 0.3 is 0 Å². The van der Waals surface area contributed by atoms with E-state index in [4.69, 9.17) is 28.2 Å². The Morgan fingerprint density at radius 1 is 0.793 bits per heavy atom. The van der Waals surface area contributed by atoms with Crippen LogP contribution in [0.3, 0.4) is 0 Å². The summed E-state index contributed by atoms with van der Waals surface area (Å²) >= 11 is 12.6. The Hall–Kier alpha value is -6.40. The number of nitrogens with one attached hydrogen (secondary N) is 1. The van der Waals surface area contributed by atoms with Gasteiger partial charge in [0.2, 0.25) is 17.6 Å². The third-order valence-corrected chi connectivity index (χ3v) is 12.8. The number of halogens is 2. The summed E-state index contributed by atoms with van der Waals surface area (Å²) in [7, 11) is 0.